The van der Waals surface area contributed by atoms with Crippen molar-refractivity contribution in [3.63, 3.8) is 0 Å². The molecule has 0 bridgehead atoms. The van der Waals surface area contributed by atoms with Crippen LogP contribution in [-0.4, -0.2) is 37.3 Å². The molecule has 2 nitrogen and oxygen atoms in total. The molecular weight excluding hydrogens is 156 g/mol. The molecule has 0 amide bonds. The number of rotatable bonds is 4. The maximum atomic E-state index is 3.10. The highest BCUT2D eigenvalue weighted by atomic mass is 32.2. The van der Waals surface area contributed by atoms with Gasteiger partial charge in [0.25, 0.3) is 0 Å². The van der Waals surface area contributed by atoms with E-state index in [0.717, 1.165) is 0 Å². The van der Waals surface area contributed by atoms with Crippen LogP contribution in [0.4, 0.5) is 0 Å². The predicted molar refractivity (Wildman–Crippen MR) is 51.8 cm³/mol. The van der Waals surface area contributed by atoms with Gasteiger partial charge in [-0.25, -0.2) is 0 Å². The van der Waals surface area contributed by atoms with Gasteiger partial charge in [-0.3, -0.25) is 4.72 Å². The van der Waals surface area contributed by atoms with E-state index in [-0.39, 0.29) is 0 Å². The fourth-order valence-corrected chi connectivity index (χ4v) is 2.01. The number of piperidine rings is 1. The van der Waals surface area contributed by atoms with Crippen LogP contribution in [0.15, 0.2) is 0 Å². The van der Waals surface area contributed by atoms with Gasteiger partial charge >= 0.3 is 0 Å². The third-order valence-electron chi connectivity index (χ3n) is 2.10. The zero-order valence-electron chi connectivity index (χ0n) is 7.31. The summed E-state index contributed by atoms with van der Waals surface area (Å²) in [6.45, 7) is 3.90. The van der Waals surface area contributed by atoms with Crippen molar-refractivity contribution in [2.24, 2.45) is 0 Å². The van der Waals surface area contributed by atoms with Crippen LogP contribution in [0.2, 0.25) is 0 Å². The normalized spacial score (nSPS) is 20.5. The lowest BCUT2D eigenvalue weighted by Crippen LogP contribution is -2.31. The summed E-state index contributed by atoms with van der Waals surface area (Å²) in [5.74, 6) is 1.22. The second-order valence-corrected chi connectivity index (χ2v) is 4.06. The van der Waals surface area contributed by atoms with Gasteiger partial charge in [-0.15, -0.1) is 0 Å². The Hall–Kier alpha value is 0.270. The van der Waals surface area contributed by atoms with E-state index in [1.807, 2.05) is 19.0 Å². The Morgan fingerprint density at radius 1 is 1.27 bits per heavy atom. The maximum absolute atomic E-state index is 3.10. The Morgan fingerprint density at radius 2 is 2.00 bits per heavy atom. The van der Waals surface area contributed by atoms with Gasteiger partial charge in [-0.2, -0.15) is 0 Å². The zero-order valence-corrected chi connectivity index (χ0v) is 8.12. The van der Waals surface area contributed by atoms with Gasteiger partial charge in [-0.1, -0.05) is 18.4 Å². The van der Waals surface area contributed by atoms with Crippen molar-refractivity contribution < 1.29 is 0 Å². The number of hydrogen-bond donors (Lipinski definition) is 1. The van der Waals surface area contributed by atoms with Crippen LogP contribution in [0.5, 0.6) is 0 Å². The van der Waals surface area contributed by atoms with Gasteiger partial charge in [0, 0.05) is 12.3 Å². The molecule has 0 atom stereocenters. The Bertz CT molecular complexity index is 92.1. The molecule has 0 aromatic heterocycles. The molecule has 1 aliphatic heterocycles. The standard InChI is InChI=1S/C8H18N2S/c1-9-11-8-7-10-5-3-2-4-6-10/h9H,2-8H2,1H3. The van der Waals surface area contributed by atoms with Crippen molar-refractivity contribution in [2.45, 2.75) is 19.3 Å². The molecule has 1 saturated heterocycles. The third kappa shape index (κ3) is 3.99. The Balaban J connectivity index is 1.96. The van der Waals surface area contributed by atoms with Crippen molar-refractivity contribution in [3.05, 3.63) is 0 Å². The molecule has 66 valence electrons. The van der Waals surface area contributed by atoms with Gasteiger partial charge < -0.3 is 4.90 Å². The van der Waals surface area contributed by atoms with Crippen LogP contribution < -0.4 is 4.72 Å². The molecule has 0 aromatic rings. The number of likely N-dealkylation sites (tertiary alicyclic amines) is 1. The van der Waals surface area contributed by atoms with Crippen LogP contribution in [0, 0.1) is 0 Å². The number of nitrogens with zero attached hydrogens (tertiary/aromatic N) is 1. The van der Waals surface area contributed by atoms with Gasteiger partial charge in [0.2, 0.25) is 0 Å². The first-order valence-corrected chi connectivity index (χ1v) is 5.43. The summed E-state index contributed by atoms with van der Waals surface area (Å²) in [6, 6.07) is 0. The van der Waals surface area contributed by atoms with Gasteiger partial charge in [0.05, 0.1) is 0 Å². The lowest BCUT2D eigenvalue weighted by atomic mass is 10.1. The van der Waals surface area contributed by atoms with Gasteiger partial charge in [0.15, 0.2) is 0 Å². The van der Waals surface area contributed by atoms with Crippen LogP contribution >= 0.6 is 11.9 Å². The molecule has 0 aliphatic carbocycles. The molecule has 0 radical (unpaired) electrons. The topological polar surface area (TPSA) is 15.3 Å². The molecule has 0 unspecified atom stereocenters. The van der Waals surface area contributed by atoms with E-state index >= 15 is 0 Å². The lowest BCUT2D eigenvalue weighted by Gasteiger charge is -2.25. The molecule has 1 heterocycles. The molecule has 3 heteroatoms. The predicted octanol–water partition coefficient (Wildman–Crippen LogP) is 1.34. The second-order valence-electron chi connectivity index (χ2n) is 2.95. The highest BCUT2D eigenvalue weighted by Crippen LogP contribution is 2.08. The lowest BCUT2D eigenvalue weighted by molar-refractivity contribution is 0.242. The Morgan fingerprint density at radius 3 is 2.64 bits per heavy atom. The summed E-state index contributed by atoms with van der Waals surface area (Å²) in [7, 11) is 1.99. The minimum absolute atomic E-state index is 1.22. The highest BCUT2D eigenvalue weighted by molar-refractivity contribution is 7.97. The number of hydrogen-bond acceptors (Lipinski definition) is 3. The summed E-state index contributed by atoms with van der Waals surface area (Å²) in [6.07, 6.45) is 4.25. The molecule has 0 aromatic carbocycles. The zero-order chi connectivity index (χ0) is 7.94. The summed E-state index contributed by atoms with van der Waals surface area (Å²) in [5.41, 5.74) is 0. The summed E-state index contributed by atoms with van der Waals surface area (Å²) >= 11 is 1.81. The summed E-state index contributed by atoms with van der Waals surface area (Å²) in [4.78, 5) is 2.56. The molecule has 1 rings (SSSR count). The van der Waals surface area contributed by atoms with Crippen molar-refractivity contribution >= 4 is 11.9 Å². The van der Waals surface area contributed by atoms with Crippen LogP contribution in [0.1, 0.15) is 19.3 Å². The van der Waals surface area contributed by atoms with Crippen molar-refractivity contribution in [3.8, 4) is 0 Å². The van der Waals surface area contributed by atoms with E-state index in [2.05, 4.69) is 9.62 Å². The Labute approximate surface area is 73.9 Å². The van der Waals surface area contributed by atoms with Crippen molar-refractivity contribution in [2.75, 3.05) is 32.4 Å². The highest BCUT2D eigenvalue weighted by Gasteiger charge is 2.08. The van der Waals surface area contributed by atoms with E-state index in [0.29, 0.717) is 0 Å². The van der Waals surface area contributed by atoms with Crippen molar-refractivity contribution in [1.82, 2.24) is 9.62 Å². The smallest absolute Gasteiger partial charge is 0.0206 e. The third-order valence-corrected chi connectivity index (χ3v) is 2.78. The second kappa shape index (κ2) is 5.86. The molecule has 1 fully saturated rings. The van der Waals surface area contributed by atoms with E-state index in [4.69, 9.17) is 0 Å². The fraction of sp³-hybridized carbons (Fsp3) is 1.00. The van der Waals surface area contributed by atoms with Gasteiger partial charge in [-0.05, 0) is 33.0 Å². The first-order valence-electron chi connectivity index (χ1n) is 4.44. The fourth-order valence-electron chi connectivity index (χ4n) is 1.46. The first-order chi connectivity index (χ1) is 5.43. The number of nitrogens with one attached hydrogen (secondary N) is 1. The van der Waals surface area contributed by atoms with Crippen LogP contribution in [0.25, 0.3) is 0 Å². The minimum atomic E-state index is 1.22. The minimum Gasteiger partial charge on any atom is -0.302 e. The molecule has 0 saturated carbocycles. The van der Waals surface area contributed by atoms with Crippen LogP contribution in [-0.2, 0) is 0 Å². The molecule has 1 N–H and O–H groups in total. The average Bonchev–Trinajstić information content (AvgIpc) is 2.07. The SMILES string of the molecule is CNSCCN1CCCCC1. The molecule has 1 aliphatic rings. The monoisotopic (exact) mass is 174 g/mol. The molecular formula is C8H18N2S. The molecule has 11 heavy (non-hydrogen) atoms. The van der Waals surface area contributed by atoms with E-state index in [9.17, 15) is 0 Å². The average molecular weight is 174 g/mol. The van der Waals surface area contributed by atoms with E-state index < -0.39 is 0 Å². The van der Waals surface area contributed by atoms with E-state index in [1.165, 1.54) is 44.6 Å². The maximum Gasteiger partial charge on any atom is 0.0206 e. The summed E-state index contributed by atoms with van der Waals surface area (Å²) in [5, 5.41) is 0. The largest absolute Gasteiger partial charge is 0.302 e. The Kier molecular flexibility index (Phi) is 4.99. The van der Waals surface area contributed by atoms with Gasteiger partial charge in [0.1, 0.15) is 0 Å². The molecule has 0 spiro atoms. The summed E-state index contributed by atoms with van der Waals surface area (Å²) < 4.78 is 3.10. The quantitative estimate of drug-likeness (QED) is 0.511. The van der Waals surface area contributed by atoms with E-state index in [1.54, 1.807) is 0 Å². The van der Waals surface area contributed by atoms with Crippen LogP contribution in [0.3, 0.4) is 0 Å². The first kappa shape index (κ1) is 9.36. The van der Waals surface area contributed by atoms with Crippen molar-refractivity contribution in [1.29, 1.82) is 0 Å².